The van der Waals surface area contributed by atoms with Crippen molar-refractivity contribution in [2.75, 3.05) is 62.6 Å². The number of amides is 17. The Kier molecular flexibility index (Phi) is 48.1. The minimum atomic E-state index is -2.01. The van der Waals surface area contributed by atoms with Gasteiger partial charge in [0.25, 0.3) is 0 Å². The fraction of sp³-hybridized carbons (Fsp3) is 0.583. The number of aromatic amines is 1. The van der Waals surface area contributed by atoms with Crippen LogP contribution in [0, 0.1) is 17.2 Å². The number of nitrogens with two attached hydrogens (primary N) is 4. The van der Waals surface area contributed by atoms with Crippen LogP contribution in [-0.2, 0) is 102 Å². The number of carboxylic acids is 3. The Balaban J connectivity index is 1.38. The van der Waals surface area contributed by atoms with Crippen LogP contribution in [0.4, 0.5) is 0 Å². The van der Waals surface area contributed by atoms with Crippen LogP contribution in [0.5, 0.6) is 0 Å². The van der Waals surface area contributed by atoms with Crippen LogP contribution >= 0.6 is 36.2 Å². The minimum Gasteiger partial charge on any atom is -0.481 e. The molecule has 2 aliphatic rings. The van der Waals surface area contributed by atoms with Gasteiger partial charge >= 0.3 is 17.9 Å². The number of primary amides is 2. The summed E-state index contributed by atoms with van der Waals surface area (Å²) in [6, 6.07) is -16.2. The number of nitrogens with one attached hydrogen (secondary N) is 17. The number of carbonyl (C=O) groups is 20. The number of carboxylic acid groups (broad SMARTS) is 3. The molecule has 1 aliphatic carbocycles. The lowest BCUT2D eigenvalue weighted by atomic mass is 9.96. The van der Waals surface area contributed by atoms with Gasteiger partial charge in [-0.3, -0.25) is 96.5 Å². The van der Waals surface area contributed by atoms with E-state index >= 15 is 14.4 Å². The van der Waals surface area contributed by atoms with E-state index in [0.29, 0.717) is 40.8 Å². The van der Waals surface area contributed by atoms with E-state index in [0.717, 1.165) is 4.90 Å². The number of para-hydroxylation sites is 1. The highest BCUT2D eigenvalue weighted by atomic mass is 32.2. The van der Waals surface area contributed by atoms with Gasteiger partial charge in [0, 0.05) is 99.7 Å². The standard InChI is InChI=1S/C84H127N25O24S3/c1-8-42(3)68(104-71(120)49(85)18-14-28-92-84(88)89)81(130)102-56(35-62(86)111)77(126)100-57(36-63(87)112)78(127)105-69(43(4)9-2)82(131)108-38-47(109-39-58(106-107-109)45-15-10-11-16-45)34-61(108)80(129)101-55(33-46-37-93-50-19-13-12-17-48(46)50)76(125)103-59(40-110)79(128)98-52(21-23-67(117)118)74(123)94-44(5)70(119)97-54(27-32-136-7)75(124)99-53(26-31-135-6)73(122)91-29-24-64(113)95-51(20-22-66(115)116)72(121)90-30-25-65(114)96-60(41-134)83(132)133/h10-13,15-17,19,37,39,42-45,47,49,51-57,59-61,68-69,93,110,134H,8-9,14,18,20-36,38,40-41,85H2,1-7H3,(H2,86,111)(H2,87,112)(H,90,121)(H,91,122)(H,94,123)(H,95,113)(H,96,114)(H,97,119)(H,98,128)(H,99,124)(H,100,126)(H,101,129)(H,102,130)(H,103,125)(H,104,120)(H,105,127)(H,115,116)(H,117,118)(H,132,133)(H4,88,89,92)/t42-,43-,44-,47-,49-,51-,52-,53-,54-,55-,56-,57-,59-,60-,61-,68-,69-/m0/s1. The zero-order valence-corrected chi connectivity index (χ0v) is 79.0. The van der Waals surface area contributed by atoms with Crippen molar-refractivity contribution in [3.8, 4) is 0 Å². The SMILES string of the molecule is CC[C@H](C)[C@H](NC(=O)[C@@H](N)CCCNC(=N)N)C(=O)N[C@@H](CC(N)=O)C(=O)N[C@@H](CC(N)=O)C(=O)N[C@H](C(=O)N1C[C@@H](n2cc(C3C=CC=C3)nn2)C[C@H]1C(=O)N[C@@H](Cc1c[nH]c2ccccc12)C(=O)N[C@@H](CO)C(=O)N[C@@H](CCC(=O)O)C(=O)N[C@@H](C)C(=O)N[C@@H](CCSC)C(=O)N[C@@H](CCSC)C(=O)NCCC(=O)N[C@@H](CCC(=O)O)C(=O)NCCC(=O)N[C@@H](CS)C(=O)O)[C@@H](C)CC. The largest absolute Gasteiger partial charge is 0.481 e. The van der Waals surface area contributed by atoms with Gasteiger partial charge < -0.3 is 133 Å². The zero-order chi connectivity index (χ0) is 101. The molecule has 49 nitrogen and oxygen atoms in total. The number of aliphatic hydroxyl groups is 1. The van der Waals surface area contributed by atoms with Gasteiger partial charge in [0.15, 0.2) is 5.96 Å². The number of nitrogens with zero attached hydrogens (tertiary/aromatic N) is 4. The minimum absolute atomic E-state index is 0.0154. The summed E-state index contributed by atoms with van der Waals surface area (Å²) in [7, 11) is 0. The number of thiol groups is 1. The maximum atomic E-state index is 15.7. The first-order valence-corrected chi connectivity index (χ1v) is 47.5. The summed E-state index contributed by atoms with van der Waals surface area (Å²) in [5, 5.41) is 93.0. The second-order valence-corrected chi connectivity index (χ2v) is 35.0. The van der Waals surface area contributed by atoms with Crippen molar-refractivity contribution in [2.45, 2.75) is 234 Å². The molecule has 0 saturated carbocycles. The molecule has 0 spiro atoms. The monoisotopic (exact) mass is 1970 g/mol. The number of hydrogen-bond donors (Lipinski definition) is 26. The van der Waals surface area contributed by atoms with Gasteiger partial charge in [0.1, 0.15) is 78.5 Å². The fourth-order valence-electron chi connectivity index (χ4n) is 14.2. The summed E-state index contributed by atoms with van der Waals surface area (Å²) < 4.78 is 1.43. The molecule has 136 heavy (non-hydrogen) atoms. The Hall–Kier alpha value is -13.0. The van der Waals surface area contributed by atoms with Crippen molar-refractivity contribution < 1.29 is 116 Å². The third-order valence-electron chi connectivity index (χ3n) is 22.3. The lowest BCUT2D eigenvalue weighted by Gasteiger charge is -2.33. The lowest BCUT2D eigenvalue weighted by Crippen LogP contribution is -2.62. The third kappa shape index (κ3) is 37.4. The molecule has 0 unspecified atom stereocenters. The van der Waals surface area contributed by atoms with E-state index in [4.69, 9.17) is 28.3 Å². The number of allylic oxidation sites excluding steroid dienone is 4. The maximum Gasteiger partial charge on any atom is 0.327 e. The van der Waals surface area contributed by atoms with Gasteiger partial charge in [-0.25, -0.2) is 9.48 Å². The van der Waals surface area contributed by atoms with E-state index in [1.54, 1.807) is 82.8 Å². The van der Waals surface area contributed by atoms with E-state index in [-0.39, 0.29) is 101 Å². The molecule has 17 atom stereocenters. The second-order valence-electron chi connectivity index (χ2n) is 32.7. The first-order chi connectivity index (χ1) is 64.5. The van der Waals surface area contributed by atoms with E-state index in [1.807, 2.05) is 12.2 Å². The predicted molar refractivity (Wildman–Crippen MR) is 498 cm³/mol. The summed E-state index contributed by atoms with van der Waals surface area (Å²) in [5.74, 6) is -23.0. The van der Waals surface area contributed by atoms with Gasteiger partial charge in [0.2, 0.25) is 100 Å². The Morgan fingerprint density at radius 2 is 1.02 bits per heavy atom. The molecule has 3 aromatic rings. The Morgan fingerprint density at radius 1 is 0.544 bits per heavy atom. The highest BCUT2D eigenvalue weighted by Crippen LogP contribution is 2.32. The molecule has 5 rings (SSSR count). The molecular formula is C84H127N25O24S3. The van der Waals surface area contributed by atoms with Crippen molar-refractivity contribution in [3.05, 3.63) is 72.2 Å². The molecule has 0 radical (unpaired) electrons. The topological polar surface area (TPSA) is 780 Å². The van der Waals surface area contributed by atoms with Crippen molar-refractivity contribution >= 4 is 171 Å². The number of hydrogen-bond acceptors (Lipinski definition) is 28. The van der Waals surface area contributed by atoms with Crippen LogP contribution in [0.15, 0.2) is 61.0 Å². The van der Waals surface area contributed by atoms with E-state index < -0.39 is 266 Å². The molecule has 17 amide bonds. The number of aliphatic hydroxyl groups excluding tert-OH is 1. The number of rotatable bonds is 62. The summed E-state index contributed by atoms with van der Waals surface area (Å²) in [6.45, 7) is 5.70. The zero-order valence-electron chi connectivity index (χ0n) is 76.5. The normalized spacial score (nSPS) is 16.6. The van der Waals surface area contributed by atoms with Crippen molar-refractivity contribution in [3.63, 3.8) is 0 Å². The van der Waals surface area contributed by atoms with Gasteiger partial charge in [-0.15, -0.1) is 5.10 Å². The third-order valence-corrected chi connectivity index (χ3v) is 24.0. The highest BCUT2D eigenvalue weighted by Gasteiger charge is 2.47. The summed E-state index contributed by atoms with van der Waals surface area (Å²) >= 11 is 6.46. The number of carbonyl (C=O) groups excluding carboxylic acids is 17. The Morgan fingerprint density at radius 3 is 1.56 bits per heavy atom. The number of H-pyrrole nitrogens is 1. The van der Waals surface area contributed by atoms with Crippen LogP contribution in [-0.4, -0.2) is 317 Å². The molecule has 1 aromatic carbocycles. The number of fused-ring (bicyclic) bond motifs is 1. The average molecular weight is 1970 g/mol. The Labute approximate surface area is 797 Å². The van der Waals surface area contributed by atoms with Gasteiger partial charge in [-0.05, 0) is 92.9 Å². The summed E-state index contributed by atoms with van der Waals surface area (Å²) in [5.41, 5.74) is 24.2. The summed E-state index contributed by atoms with van der Waals surface area (Å²) in [6.07, 6.45) is 8.89. The summed E-state index contributed by atoms with van der Waals surface area (Å²) in [4.78, 5) is 277. The van der Waals surface area contributed by atoms with Crippen molar-refractivity contribution in [2.24, 2.45) is 34.8 Å². The molecule has 29 N–H and O–H groups in total. The molecule has 0 bridgehead atoms. The first kappa shape index (κ1) is 114. The van der Waals surface area contributed by atoms with Crippen LogP contribution in [0.2, 0.25) is 0 Å². The molecule has 3 heterocycles. The first-order valence-electron chi connectivity index (χ1n) is 44.0. The van der Waals surface area contributed by atoms with E-state index in [2.05, 4.69) is 108 Å². The van der Waals surface area contributed by atoms with E-state index in [9.17, 15) is 102 Å². The van der Waals surface area contributed by atoms with Gasteiger partial charge in [0.05, 0.1) is 37.2 Å². The van der Waals surface area contributed by atoms with Crippen molar-refractivity contribution in [1.82, 2.24) is 105 Å². The molecule has 750 valence electrons. The highest BCUT2D eigenvalue weighted by molar-refractivity contribution is 7.98. The van der Waals surface area contributed by atoms with Gasteiger partial charge in [-0.1, -0.05) is 88.3 Å². The van der Waals surface area contributed by atoms with Crippen molar-refractivity contribution in [1.29, 1.82) is 5.41 Å². The lowest BCUT2D eigenvalue weighted by molar-refractivity contribution is -0.144. The van der Waals surface area contributed by atoms with Crippen LogP contribution in [0.3, 0.4) is 0 Å². The quantitative estimate of drug-likeness (QED) is 0.0108. The molecule has 1 aliphatic heterocycles. The smallest absolute Gasteiger partial charge is 0.327 e. The molecule has 2 aromatic heterocycles. The number of thioether (sulfide) groups is 2. The van der Waals surface area contributed by atoms with Crippen LogP contribution in [0.1, 0.15) is 154 Å². The second kappa shape index (κ2) is 57.7. The molecular weight excluding hydrogens is 1840 g/mol. The molecule has 1 fully saturated rings. The fourth-order valence-corrected chi connectivity index (χ4v) is 15.4. The average Bonchev–Trinajstić information content (AvgIpc) is 1.63. The van der Waals surface area contributed by atoms with E-state index in [1.165, 1.54) is 41.3 Å². The number of aromatic nitrogens is 4. The van der Waals surface area contributed by atoms with Gasteiger partial charge in [-0.2, -0.15) is 36.2 Å². The number of aliphatic carboxylic acids is 3. The predicted octanol–water partition coefficient (Wildman–Crippen LogP) is -6.12. The number of guanidine groups is 1. The van der Waals surface area contributed by atoms with Crippen LogP contribution < -0.4 is 103 Å². The number of benzene rings is 1. The number of likely N-dealkylation sites (tertiary alicyclic amines) is 1. The maximum absolute atomic E-state index is 15.7. The Bertz CT molecular complexity index is 4770. The molecule has 52 heteroatoms. The molecule has 1 saturated heterocycles. The van der Waals surface area contributed by atoms with Crippen LogP contribution in [0.25, 0.3) is 10.9 Å².